The van der Waals surface area contributed by atoms with Gasteiger partial charge in [0.15, 0.2) is 0 Å². The molecule has 1 fully saturated rings. The number of hydrogen-bond acceptors (Lipinski definition) is 3. The zero-order valence-corrected chi connectivity index (χ0v) is 12.7. The number of unbranched alkanes of at least 4 members (excludes halogenated alkanes) is 2. The Labute approximate surface area is 113 Å². The Balaban J connectivity index is 2.54. The third-order valence-electron chi connectivity index (χ3n) is 4.23. The summed E-state index contributed by atoms with van der Waals surface area (Å²) in [4.78, 5) is 2.62. The Hall–Kier alpha value is -0.120. The van der Waals surface area contributed by atoms with Crippen LogP contribution in [0.25, 0.3) is 0 Å². The molecule has 1 aliphatic rings. The van der Waals surface area contributed by atoms with Crippen molar-refractivity contribution in [3.8, 4) is 0 Å². The van der Waals surface area contributed by atoms with Crippen molar-refractivity contribution in [1.29, 1.82) is 0 Å². The number of rotatable bonds is 9. The first-order chi connectivity index (χ1) is 8.59. The van der Waals surface area contributed by atoms with Gasteiger partial charge in [-0.1, -0.05) is 19.8 Å². The van der Waals surface area contributed by atoms with Crippen molar-refractivity contribution in [2.24, 2.45) is 5.73 Å². The second-order valence-corrected chi connectivity index (χ2v) is 5.91. The molecule has 1 aliphatic carbocycles. The summed E-state index contributed by atoms with van der Waals surface area (Å²) in [5, 5.41) is 0. The van der Waals surface area contributed by atoms with E-state index >= 15 is 0 Å². The lowest BCUT2D eigenvalue weighted by Crippen LogP contribution is -2.65. The maximum Gasteiger partial charge on any atom is 0.0611 e. The van der Waals surface area contributed by atoms with Gasteiger partial charge in [0, 0.05) is 24.7 Å². The molecule has 3 nitrogen and oxygen atoms in total. The number of nitrogens with two attached hydrogens (primary N) is 1. The van der Waals surface area contributed by atoms with Crippen LogP contribution in [0.5, 0.6) is 0 Å². The standard InChI is InChI=1S/C15H32N2O/c1-5-7-8-9-17(13(3)4)15(12-16)10-14(11-15)18-6-2/h13-14H,5-12,16H2,1-4H3. The highest BCUT2D eigenvalue weighted by Crippen LogP contribution is 2.40. The van der Waals surface area contributed by atoms with Crippen molar-refractivity contribution in [3.05, 3.63) is 0 Å². The van der Waals surface area contributed by atoms with Crippen LogP contribution in [0.15, 0.2) is 0 Å². The third kappa shape index (κ3) is 3.69. The Morgan fingerprint density at radius 3 is 2.39 bits per heavy atom. The van der Waals surface area contributed by atoms with Gasteiger partial charge in [0.05, 0.1) is 6.10 Å². The minimum atomic E-state index is 0.210. The summed E-state index contributed by atoms with van der Waals surface area (Å²) in [5.74, 6) is 0. The summed E-state index contributed by atoms with van der Waals surface area (Å²) in [5.41, 5.74) is 6.28. The zero-order valence-electron chi connectivity index (χ0n) is 12.7. The van der Waals surface area contributed by atoms with Gasteiger partial charge in [0.25, 0.3) is 0 Å². The first kappa shape index (κ1) is 15.9. The maximum absolute atomic E-state index is 6.07. The van der Waals surface area contributed by atoms with Crippen molar-refractivity contribution >= 4 is 0 Å². The first-order valence-electron chi connectivity index (χ1n) is 7.68. The zero-order chi connectivity index (χ0) is 13.6. The quantitative estimate of drug-likeness (QED) is 0.645. The van der Waals surface area contributed by atoms with Crippen molar-refractivity contribution in [1.82, 2.24) is 4.90 Å². The SMILES string of the molecule is CCCCCN(C(C)C)C1(CN)CC(OCC)C1. The van der Waals surface area contributed by atoms with Crippen LogP contribution >= 0.6 is 0 Å². The number of ether oxygens (including phenoxy) is 1. The van der Waals surface area contributed by atoms with E-state index < -0.39 is 0 Å². The van der Waals surface area contributed by atoms with Crippen LogP contribution in [-0.4, -0.2) is 42.3 Å². The second kappa shape index (κ2) is 7.46. The van der Waals surface area contributed by atoms with Crippen molar-refractivity contribution in [2.45, 2.75) is 77.5 Å². The molecule has 0 spiro atoms. The predicted molar refractivity (Wildman–Crippen MR) is 77.8 cm³/mol. The smallest absolute Gasteiger partial charge is 0.0611 e. The number of nitrogens with zero attached hydrogens (tertiary/aromatic N) is 1. The predicted octanol–water partition coefficient (Wildman–Crippen LogP) is 2.78. The largest absolute Gasteiger partial charge is 0.378 e. The molecule has 0 aromatic heterocycles. The molecule has 1 rings (SSSR count). The molecule has 1 saturated carbocycles. The van der Waals surface area contributed by atoms with Gasteiger partial charge < -0.3 is 10.5 Å². The average molecular weight is 256 g/mol. The summed E-state index contributed by atoms with van der Waals surface area (Å²) in [7, 11) is 0. The lowest BCUT2D eigenvalue weighted by atomic mass is 9.72. The summed E-state index contributed by atoms with van der Waals surface area (Å²) >= 11 is 0. The van der Waals surface area contributed by atoms with E-state index in [4.69, 9.17) is 10.5 Å². The lowest BCUT2D eigenvalue weighted by Gasteiger charge is -2.55. The molecule has 108 valence electrons. The van der Waals surface area contributed by atoms with Crippen LogP contribution in [0.1, 0.15) is 59.8 Å². The Morgan fingerprint density at radius 2 is 1.94 bits per heavy atom. The van der Waals surface area contributed by atoms with Gasteiger partial charge in [-0.3, -0.25) is 4.90 Å². The minimum Gasteiger partial charge on any atom is -0.378 e. The fourth-order valence-electron chi connectivity index (χ4n) is 3.24. The molecule has 2 N–H and O–H groups in total. The van der Waals surface area contributed by atoms with E-state index in [1.165, 1.54) is 25.8 Å². The van der Waals surface area contributed by atoms with Crippen molar-refractivity contribution < 1.29 is 4.74 Å². The fourth-order valence-corrected chi connectivity index (χ4v) is 3.24. The highest BCUT2D eigenvalue weighted by Gasteiger charge is 2.48. The van der Waals surface area contributed by atoms with Gasteiger partial charge in [-0.2, -0.15) is 0 Å². The van der Waals surface area contributed by atoms with E-state index in [1.807, 2.05) is 0 Å². The van der Waals surface area contributed by atoms with Gasteiger partial charge >= 0.3 is 0 Å². The number of hydrogen-bond donors (Lipinski definition) is 1. The Morgan fingerprint density at radius 1 is 1.28 bits per heavy atom. The van der Waals surface area contributed by atoms with E-state index in [-0.39, 0.29) is 5.54 Å². The molecule has 18 heavy (non-hydrogen) atoms. The molecular weight excluding hydrogens is 224 g/mol. The van der Waals surface area contributed by atoms with Crippen LogP contribution in [0, 0.1) is 0 Å². The van der Waals surface area contributed by atoms with E-state index in [0.717, 1.165) is 26.0 Å². The molecule has 0 unspecified atom stereocenters. The van der Waals surface area contributed by atoms with E-state index in [2.05, 4.69) is 32.6 Å². The monoisotopic (exact) mass is 256 g/mol. The van der Waals surface area contributed by atoms with Gasteiger partial charge in [-0.05, 0) is 46.6 Å². The van der Waals surface area contributed by atoms with Gasteiger partial charge in [-0.15, -0.1) is 0 Å². The van der Waals surface area contributed by atoms with Gasteiger partial charge in [-0.25, -0.2) is 0 Å². The first-order valence-corrected chi connectivity index (χ1v) is 7.68. The molecule has 0 atom stereocenters. The molecule has 3 heteroatoms. The molecular formula is C15H32N2O. The van der Waals surface area contributed by atoms with E-state index in [9.17, 15) is 0 Å². The van der Waals surface area contributed by atoms with E-state index in [1.54, 1.807) is 0 Å². The van der Waals surface area contributed by atoms with Crippen molar-refractivity contribution in [2.75, 3.05) is 19.7 Å². The summed E-state index contributed by atoms with van der Waals surface area (Å²) in [6.45, 7) is 11.7. The minimum absolute atomic E-state index is 0.210. The summed E-state index contributed by atoms with van der Waals surface area (Å²) in [6.07, 6.45) is 6.55. The summed E-state index contributed by atoms with van der Waals surface area (Å²) in [6, 6.07) is 0.577. The fraction of sp³-hybridized carbons (Fsp3) is 1.00. The van der Waals surface area contributed by atoms with Crippen LogP contribution in [0.3, 0.4) is 0 Å². The van der Waals surface area contributed by atoms with Crippen molar-refractivity contribution in [3.63, 3.8) is 0 Å². The molecule has 0 heterocycles. The Kier molecular flexibility index (Phi) is 6.61. The van der Waals surface area contributed by atoms with E-state index in [0.29, 0.717) is 12.1 Å². The van der Waals surface area contributed by atoms with Crippen LogP contribution < -0.4 is 5.73 Å². The summed E-state index contributed by atoms with van der Waals surface area (Å²) < 4.78 is 5.71. The molecule has 0 amide bonds. The lowest BCUT2D eigenvalue weighted by molar-refractivity contribution is -0.110. The third-order valence-corrected chi connectivity index (χ3v) is 4.23. The highest BCUT2D eigenvalue weighted by atomic mass is 16.5. The molecule has 0 bridgehead atoms. The maximum atomic E-state index is 6.07. The van der Waals surface area contributed by atoms with Gasteiger partial charge in [0.2, 0.25) is 0 Å². The average Bonchev–Trinajstić information content (AvgIpc) is 2.29. The second-order valence-electron chi connectivity index (χ2n) is 5.91. The molecule has 0 aromatic rings. The highest BCUT2D eigenvalue weighted by molar-refractivity contribution is 5.05. The van der Waals surface area contributed by atoms with Crippen LogP contribution in [-0.2, 0) is 4.74 Å². The molecule has 0 aromatic carbocycles. The molecule has 0 aliphatic heterocycles. The topological polar surface area (TPSA) is 38.5 Å². The normalized spacial score (nSPS) is 27.8. The molecule has 0 radical (unpaired) electrons. The Bertz CT molecular complexity index is 225. The van der Waals surface area contributed by atoms with Gasteiger partial charge in [0.1, 0.15) is 0 Å². The molecule has 0 saturated heterocycles. The van der Waals surface area contributed by atoms with Crippen LogP contribution in [0.2, 0.25) is 0 Å². The van der Waals surface area contributed by atoms with Crippen LogP contribution in [0.4, 0.5) is 0 Å².